The minimum absolute atomic E-state index is 0.169. The summed E-state index contributed by atoms with van der Waals surface area (Å²) in [6.45, 7) is 3.94. The number of rotatable bonds is 1. The van der Waals surface area contributed by atoms with E-state index >= 15 is 0 Å². The number of para-hydroxylation sites is 1. The lowest BCUT2D eigenvalue weighted by Gasteiger charge is -2.04. The van der Waals surface area contributed by atoms with Gasteiger partial charge in [0.05, 0.1) is 11.4 Å². The van der Waals surface area contributed by atoms with Crippen molar-refractivity contribution < 1.29 is 0 Å². The summed E-state index contributed by atoms with van der Waals surface area (Å²) in [5, 5.41) is 9.31. The van der Waals surface area contributed by atoms with Gasteiger partial charge in [0.15, 0.2) is 0 Å². The molecule has 0 saturated carbocycles. The van der Waals surface area contributed by atoms with E-state index in [1.54, 1.807) is 0 Å². The Bertz CT molecular complexity index is 1120. The molecule has 7 heteroatoms. The summed E-state index contributed by atoms with van der Waals surface area (Å²) in [5.74, 6) is 0. The highest BCUT2D eigenvalue weighted by Crippen LogP contribution is 2.35. The number of aromatic nitrogens is 4. The highest BCUT2D eigenvalue weighted by Gasteiger charge is 2.18. The zero-order valence-electron chi connectivity index (χ0n) is 12.4. The maximum atomic E-state index is 12.8. The molecule has 0 aliphatic heterocycles. The van der Waals surface area contributed by atoms with E-state index in [0.717, 1.165) is 25.9 Å². The molecule has 0 saturated heterocycles. The summed E-state index contributed by atoms with van der Waals surface area (Å²) >= 11 is 4.92. The summed E-state index contributed by atoms with van der Waals surface area (Å²) in [6.07, 6.45) is 0. The number of nitrogens with zero attached hydrogens (tertiary/aromatic N) is 4. The summed E-state index contributed by atoms with van der Waals surface area (Å²) in [7, 11) is 0. The van der Waals surface area contributed by atoms with Gasteiger partial charge in [-0.3, -0.25) is 4.79 Å². The molecule has 0 spiro atoms. The molecule has 0 atom stereocenters. The zero-order chi connectivity index (χ0) is 16.1. The second kappa shape index (κ2) is 5.21. The highest BCUT2D eigenvalue weighted by molar-refractivity contribution is 9.10. The number of pyridine rings is 1. The minimum atomic E-state index is -0.169. The largest absolute Gasteiger partial charge is 0.292 e. The van der Waals surface area contributed by atoms with Crippen molar-refractivity contribution in [3.8, 4) is 5.69 Å². The number of halogens is 1. The van der Waals surface area contributed by atoms with Gasteiger partial charge in [0.2, 0.25) is 0 Å². The first-order chi connectivity index (χ1) is 11.1. The molecule has 0 aliphatic rings. The van der Waals surface area contributed by atoms with Gasteiger partial charge < -0.3 is 0 Å². The van der Waals surface area contributed by atoms with Crippen LogP contribution in [-0.2, 0) is 0 Å². The number of fused-ring (bicyclic) bond motifs is 3. The van der Waals surface area contributed by atoms with E-state index in [9.17, 15) is 4.79 Å². The molecule has 3 aromatic heterocycles. The van der Waals surface area contributed by atoms with Gasteiger partial charge in [-0.2, -0.15) is 4.68 Å². The van der Waals surface area contributed by atoms with Gasteiger partial charge in [-0.15, -0.1) is 16.4 Å². The second-order valence-electron chi connectivity index (χ2n) is 5.24. The molecule has 0 unspecified atom stereocenters. The van der Waals surface area contributed by atoms with Crippen LogP contribution in [0.3, 0.4) is 0 Å². The van der Waals surface area contributed by atoms with Gasteiger partial charge >= 0.3 is 0 Å². The molecule has 114 valence electrons. The monoisotopic (exact) mass is 386 g/mol. The van der Waals surface area contributed by atoms with E-state index in [0.29, 0.717) is 15.9 Å². The molecule has 5 nitrogen and oxygen atoms in total. The number of aryl methyl sites for hydroxylation is 2. The van der Waals surface area contributed by atoms with Crippen molar-refractivity contribution in [2.45, 2.75) is 13.8 Å². The van der Waals surface area contributed by atoms with E-state index in [1.807, 2.05) is 44.2 Å². The van der Waals surface area contributed by atoms with Crippen molar-refractivity contribution in [2.75, 3.05) is 0 Å². The summed E-state index contributed by atoms with van der Waals surface area (Å²) in [6, 6.07) is 9.29. The van der Waals surface area contributed by atoms with Gasteiger partial charge in [-0.05, 0) is 47.5 Å². The van der Waals surface area contributed by atoms with Crippen molar-refractivity contribution in [3.05, 3.63) is 56.4 Å². The lowest BCUT2D eigenvalue weighted by Crippen LogP contribution is -2.21. The molecule has 0 radical (unpaired) electrons. The minimum Gasteiger partial charge on any atom is -0.266 e. The van der Waals surface area contributed by atoms with Gasteiger partial charge in [-0.25, -0.2) is 4.98 Å². The lowest BCUT2D eigenvalue weighted by molar-refractivity contribution is 0.740. The third-order valence-electron chi connectivity index (χ3n) is 3.78. The molecule has 0 bridgehead atoms. The Hall–Kier alpha value is -2.12. The van der Waals surface area contributed by atoms with Crippen LogP contribution in [0, 0.1) is 13.8 Å². The highest BCUT2D eigenvalue weighted by atomic mass is 79.9. The quantitative estimate of drug-likeness (QED) is 0.499. The van der Waals surface area contributed by atoms with E-state index in [-0.39, 0.29) is 5.56 Å². The molecule has 1 aromatic carbocycles. The molecule has 0 amide bonds. The van der Waals surface area contributed by atoms with Crippen LogP contribution >= 0.6 is 27.3 Å². The van der Waals surface area contributed by atoms with E-state index in [4.69, 9.17) is 0 Å². The molecule has 3 heterocycles. The molecule has 4 aromatic rings. The van der Waals surface area contributed by atoms with Crippen LogP contribution in [0.5, 0.6) is 0 Å². The Morgan fingerprint density at radius 2 is 1.91 bits per heavy atom. The fourth-order valence-corrected chi connectivity index (χ4v) is 4.04. The molecule has 0 fully saturated rings. The Kier molecular flexibility index (Phi) is 3.28. The fraction of sp³-hybridized carbons (Fsp3) is 0.125. The predicted octanol–water partition coefficient (Wildman–Crippen LogP) is 3.77. The van der Waals surface area contributed by atoms with Crippen molar-refractivity contribution in [1.29, 1.82) is 0 Å². The normalized spacial score (nSPS) is 11.4. The Labute approximate surface area is 143 Å². The summed E-state index contributed by atoms with van der Waals surface area (Å²) in [4.78, 5) is 18.2. The first-order valence-electron chi connectivity index (χ1n) is 6.98. The van der Waals surface area contributed by atoms with E-state index in [1.165, 1.54) is 16.0 Å². The molecule has 0 N–H and O–H groups in total. The standard InChI is InChI=1S/C16H11BrN4OS/c1-8-11-13-14(23-15(11)18-9(2)12(8)17)16(22)21(20-19-13)10-6-4-3-5-7-10/h3-7H,1-2H3. The average molecular weight is 387 g/mol. The smallest absolute Gasteiger partial charge is 0.266 e. The van der Waals surface area contributed by atoms with Crippen LogP contribution in [0.15, 0.2) is 39.6 Å². The van der Waals surface area contributed by atoms with Crippen LogP contribution in [0.1, 0.15) is 11.3 Å². The van der Waals surface area contributed by atoms with Gasteiger partial charge in [-0.1, -0.05) is 23.4 Å². The topological polar surface area (TPSA) is 60.7 Å². The number of thiophene rings is 1. The van der Waals surface area contributed by atoms with Crippen molar-refractivity contribution in [3.63, 3.8) is 0 Å². The molecule has 23 heavy (non-hydrogen) atoms. The van der Waals surface area contributed by atoms with Crippen molar-refractivity contribution >= 4 is 47.7 Å². The number of benzene rings is 1. The third-order valence-corrected chi connectivity index (χ3v) is 6.01. The van der Waals surface area contributed by atoms with E-state index < -0.39 is 0 Å². The molecule has 4 rings (SSSR count). The molecule has 0 aliphatic carbocycles. The lowest BCUT2D eigenvalue weighted by atomic mass is 10.1. The number of hydrogen-bond donors (Lipinski definition) is 0. The van der Waals surface area contributed by atoms with Crippen LogP contribution in [0.4, 0.5) is 0 Å². The maximum absolute atomic E-state index is 12.8. The van der Waals surface area contributed by atoms with Crippen LogP contribution < -0.4 is 5.56 Å². The first-order valence-corrected chi connectivity index (χ1v) is 8.59. The average Bonchev–Trinajstić information content (AvgIpc) is 2.93. The molecular weight excluding hydrogens is 376 g/mol. The van der Waals surface area contributed by atoms with E-state index in [2.05, 4.69) is 31.2 Å². The van der Waals surface area contributed by atoms with Crippen LogP contribution in [0.25, 0.3) is 26.1 Å². The van der Waals surface area contributed by atoms with Crippen molar-refractivity contribution in [2.24, 2.45) is 0 Å². The molecular formula is C16H11BrN4OS. The van der Waals surface area contributed by atoms with Gasteiger partial charge in [0.1, 0.15) is 15.0 Å². The zero-order valence-corrected chi connectivity index (χ0v) is 14.8. The fourth-order valence-electron chi connectivity index (χ4n) is 2.61. The van der Waals surface area contributed by atoms with Crippen LogP contribution in [-0.4, -0.2) is 20.0 Å². The summed E-state index contributed by atoms with van der Waals surface area (Å²) in [5.41, 5.74) is 3.08. The maximum Gasteiger partial charge on any atom is 0.292 e. The summed E-state index contributed by atoms with van der Waals surface area (Å²) < 4.78 is 2.85. The number of hydrogen-bond acceptors (Lipinski definition) is 5. The Morgan fingerprint density at radius 3 is 2.65 bits per heavy atom. The van der Waals surface area contributed by atoms with Gasteiger partial charge in [0.25, 0.3) is 5.56 Å². The predicted molar refractivity (Wildman–Crippen MR) is 95.5 cm³/mol. The Balaban J connectivity index is 2.12. The SMILES string of the molecule is Cc1nc2sc3c(=O)n(-c4ccccc4)nnc3c2c(C)c1Br. The van der Waals surface area contributed by atoms with Gasteiger partial charge in [0, 0.05) is 9.86 Å². The van der Waals surface area contributed by atoms with Crippen molar-refractivity contribution in [1.82, 2.24) is 20.0 Å². The van der Waals surface area contributed by atoms with Crippen LogP contribution in [0.2, 0.25) is 0 Å². The third kappa shape index (κ3) is 2.11. The first kappa shape index (κ1) is 14.5. The second-order valence-corrected chi connectivity index (χ2v) is 7.03. The Morgan fingerprint density at radius 1 is 1.17 bits per heavy atom.